The van der Waals surface area contributed by atoms with E-state index in [1.807, 2.05) is 6.92 Å². The number of hydrogen-bond donors (Lipinski definition) is 1. The van der Waals surface area contributed by atoms with Crippen LogP contribution < -0.4 is 5.43 Å². The Morgan fingerprint density at radius 1 is 1.40 bits per heavy atom. The van der Waals surface area contributed by atoms with Gasteiger partial charge in [-0.15, -0.1) is 5.01 Å². The van der Waals surface area contributed by atoms with Crippen molar-refractivity contribution in [3.63, 3.8) is 0 Å². The number of nitrogens with zero attached hydrogens (tertiary/aromatic N) is 1. The summed E-state index contributed by atoms with van der Waals surface area (Å²) < 4.78 is 36.8. The lowest BCUT2D eigenvalue weighted by molar-refractivity contribution is -0.251. The Bertz CT molecular complexity index is 308. The van der Waals surface area contributed by atoms with E-state index in [4.69, 9.17) is 0 Å². The Labute approximate surface area is 87.1 Å². The molecule has 3 atom stereocenters. The molecule has 1 N–H and O–H groups in total. The van der Waals surface area contributed by atoms with Crippen molar-refractivity contribution in [2.45, 2.75) is 26.6 Å². The van der Waals surface area contributed by atoms with E-state index in [9.17, 15) is 13.2 Å². The third kappa shape index (κ3) is 1.73. The summed E-state index contributed by atoms with van der Waals surface area (Å²) in [6.07, 6.45) is -3.55. The number of hydrazine groups is 1. The molecule has 1 fully saturated rings. The zero-order chi connectivity index (χ0) is 11.4. The molecule has 2 aliphatic carbocycles. The molecule has 5 heteroatoms. The molecule has 2 aliphatic rings. The van der Waals surface area contributed by atoms with Crippen LogP contribution in [0.25, 0.3) is 0 Å². The summed E-state index contributed by atoms with van der Waals surface area (Å²) in [5.74, 6) is 1.76. The van der Waals surface area contributed by atoms with Crippen LogP contribution in [0.4, 0.5) is 13.2 Å². The van der Waals surface area contributed by atoms with Crippen LogP contribution in [-0.2, 0) is 0 Å². The largest absolute Gasteiger partial charge is 0.477 e. The molecule has 0 saturated heterocycles. The molecular weight excluding hydrogens is 205 g/mol. The zero-order valence-electron chi connectivity index (χ0n) is 9.02. The van der Waals surface area contributed by atoms with Crippen LogP contribution in [0, 0.1) is 17.8 Å². The van der Waals surface area contributed by atoms with Crippen LogP contribution in [-0.4, -0.2) is 18.4 Å². The maximum Gasteiger partial charge on any atom is 0.477 e. The monoisotopic (exact) mass is 220 g/mol. The molecule has 0 aromatic carbocycles. The van der Waals surface area contributed by atoms with E-state index < -0.39 is 6.30 Å². The molecule has 1 saturated carbocycles. The average Bonchev–Trinajstić information content (AvgIpc) is 2.58. The van der Waals surface area contributed by atoms with Crippen molar-refractivity contribution >= 4 is 0 Å². The SMILES string of the molecule is CC1=C(NN(C)C(F)(F)F)CC2C(C)C12. The highest BCUT2D eigenvalue weighted by Gasteiger charge is 2.53. The van der Waals surface area contributed by atoms with Crippen LogP contribution in [0.3, 0.4) is 0 Å². The van der Waals surface area contributed by atoms with Gasteiger partial charge in [-0.3, -0.25) is 0 Å². The van der Waals surface area contributed by atoms with Gasteiger partial charge >= 0.3 is 6.30 Å². The van der Waals surface area contributed by atoms with Crippen LogP contribution in [0.2, 0.25) is 0 Å². The van der Waals surface area contributed by atoms with Crippen LogP contribution in [0.5, 0.6) is 0 Å². The molecule has 0 radical (unpaired) electrons. The topological polar surface area (TPSA) is 15.3 Å². The Morgan fingerprint density at radius 3 is 2.40 bits per heavy atom. The fourth-order valence-electron chi connectivity index (χ4n) is 2.57. The minimum Gasteiger partial charge on any atom is -0.316 e. The second kappa shape index (κ2) is 3.14. The molecule has 86 valence electrons. The number of fused-ring (bicyclic) bond motifs is 1. The van der Waals surface area contributed by atoms with Crippen molar-refractivity contribution < 1.29 is 13.2 Å². The lowest BCUT2D eigenvalue weighted by Gasteiger charge is -2.24. The second-order valence-corrected chi connectivity index (χ2v) is 4.55. The van der Waals surface area contributed by atoms with Crippen molar-refractivity contribution in [3.05, 3.63) is 11.3 Å². The van der Waals surface area contributed by atoms with Crippen molar-refractivity contribution in [1.82, 2.24) is 10.4 Å². The summed E-state index contributed by atoms with van der Waals surface area (Å²) in [7, 11) is 1.01. The number of rotatable bonds is 2. The van der Waals surface area contributed by atoms with E-state index in [0.717, 1.165) is 24.7 Å². The summed E-state index contributed by atoms with van der Waals surface area (Å²) in [6, 6.07) is 0. The fourth-order valence-corrected chi connectivity index (χ4v) is 2.57. The van der Waals surface area contributed by atoms with Crippen LogP contribution >= 0.6 is 0 Å². The first-order valence-electron chi connectivity index (χ1n) is 5.09. The minimum absolute atomic E-state index is 0.223. The number of allylic oxidation sites excluding steroid dienone is 2. The molecule has 2 rings (SSSR count). The first-order chi connectivity index (χ1) is 6.82. The highest BCUT2D eigenvalue weighted by atomic mass is 19.4. The number of halogens is 3. The van der Waals surface area contributed by atoms with Gasteiger partial charge in [-0.1, -0.05) is 6.92 Å². The molecule has 15 heavy (non-hydrogen) atoms. The van der Waals surface area contributed by atoms with E-state index in [1.54, 1.807) is 0 Å². The molecule has 2 nitrogen and oxygen atoms in total. The predicted molar refractivity (Wildman–Crippen MR) is 50.4 cm³/mol. The maximum atomic E-state index is 12.3. The van der Waals surface area contributed by atoms with Gasteiger partial charge in [-0.2, -0.15) is 13.2 Å². The third-order valence-corrected chi connectivity index (χ3v) is 3.66. The van der Waals surface area contributed by atoms with Gasteiger partial charge in [0.05, 0.1) is 0 Å². The quantitative estimate of drug-likeness (QED) is 0.568. The Balaban J connectivity index is 2.00. The third-order valence-electron chi connectivity index (χ3n) is 3.66. The van der Waals surface area contributed by atoms with Crippen molar-refractivity contribution in [1.29, 1.82) is 0 Å². The molecule has 0 spiro atoms. The van der Waals surface area contributed by atoms with Crippen LogP contribution in [0.15, 0.2) is 11.3 Å². The summed E-state index contributed by atoms with van der Waals surface area (Å²) >= 11 is 0. The van der Waals surface area contributed by atoms with Gasteiger partial charge < -0.3 is 5.43 Å². The normalized spacial score (nSPS) is 34.7. The molecule has 3 unspecified atom stereocenters. The minimum atomic E-state index is -4.31. The summed E-state index contributed by atoms with van der Waals surface area (Å²) in [4.78, 5) is 0. The lowest BCUT2D eigenvalue weighted by atomic mass is 10.1. The summed E-state index contributed by atoms with van der Waals surface area (Å²) in [5.41, 5.74) is 4.29. The first-order valence-corrected chi connectivity index (χ1v) is 5.09. The van der Waals surface area contributed by atoms with E-state index >= 15 is 0 Å². The maximum absolute atomic E-state index is 12.3. The van der Waals surface area contributed by atoms with E-state index in [1.165, 1.54) is 0 Å². The van der Waals surface area contributed by atoms with Crippen LogP contribution in [0.1, 0.15) is 20.3 Å². The van der Waals surface area contributed by atoms with E-state index in [2.05, 4.69) is 12.3 Å². The molecule has 0 amide bonds. The first kappa shape index (κ1) is 10.8. The van der Waals surface area contributed by atoms with Gasteiger partial charge in [0.1, 0.15) is 0 Å². The van der Waals surface area contributed by atoms with Crippen molar-refractivity contribution in [3.8, 4) is 0 Å². The zero-order valence-corrected chi connectivity index (χ0v) is 9.02. The number of alkyl halides is 3. The van der Waals surface area contributed by atoms with Gasteiger partial charge in [-0.25, -0.2) is 0 Å². The Morgan fingerprint density at radius 2 is 2.00 bits per heavy atom. The van der Waals surface area contributed by atoms with E-state index in [0.29, 0.717) is 17.8 Å². The smallest absolute Gasteiger partial charge is 0.316 e. The van der Waals surface area contributed by atoms with Crippen molar-refractivity contribution in [2.75, 3.05) is 7.05 Å². The fraction of sp³-hybridized carbons (Fsp3) is 0.800. The summed E-state index contributed by atoms with van der Waals surface area (Å²) in [5, 5.41) is 0.223. The summed E-state index contributed by atoms with van der Waals surface area (Å²) in [6.45, 7) is 4.09. The van der Waals surface area contributed by atoms with Crippen molar-refractivity contribution in [2.24, 2.45) is 17.8 Å². The van der Waals surface area contributed by atoms with Gasteiger partial charge in [0.15, 0.2) is 0 Å². The predicted octanol–water partition coefficient (Wildman–Crippen LogP) is 2.50. The Hall–Kier alpha value is -0.710. The van der Waals surface area contributed by atoms with Gasteiger partial charge in [0.25, 0.3) is 0 Å². The highest BCUT2D eigenvalue weighted by Crippen LogP contribution is 2.59. The second-order valence-electron chi connectivity index (χ2n) is 4.55. The lowest BCUT2D eigenvalue weighted by Crippen LogP contribution is -2.44. The Kier molecular flexibility index (Phi) is 2.26. The van der Waals surface area contributed by atoms with E-state index in [-0.39, 0.29) is 5.01 Å². The van der Waals surface area contributed by atoms with Gasteiger partial charge in [0.2, 0.25) is 0 Å². The molecule has 0 aromatic heterocycles. The molecule has 0 aliphatic heterocycles. The highest BCUT2D eigenvalue weighted by molar-refractivity contribution is 5.30. The number of nitrogens with one attached hydrogen (secondary N) is 1. The molecule has 0 heterocycles. The standard InChI is InChI=1S/C10H15F3N2/c1-5-7-4-8(6(2)9(5)7)14-15(3)10(11,12)13/h5,7,9,14H,4H2,1-3H3. The molecular formula is C10H15F3N2. The molecule has 0 bridgehead atoms. The molecule has 0 aromatic rings. The average molecular weight is 220 g/mol. The van der Waals surface area contributed by atoms with Gasteiger partial charge in [-0.05, 0) is 36.7 Å². The van der Waals surface area contributed by atoms with Gasteiger partial charge in [0, 0.05) is 12.7 Å². The number of hydrogen-bond acceptors (Lipinski definition) is 2.